The van der Waals surface area contributed by atoms with Gasteiger partial charge >= 0.3 is 0 Å². The molecule has 9 heteroatoms. The van der Waals surface area contributed by atoms with Crippen molar-refractivity contribution in [1.82, 2.24) is 30.1 Å². The third-order valence-electron chi connectivity index (χ3n) is 6.14. The third-order valence-corrected chi connectivity index (χ3v) is 6.14. The van der Waals surface area contributed by atoms with Gasteiger partial charge in [0.05, 0.1) is 34.1 Å². The van der Waals surface area contributed by atoms with Crippen molar-refractivity contribution in [3.05, 3.63) is 78.4 Å². The fourth-order valence-corrected chi connectivity index (χ4v) is 4.39. The lowest BCUT2D eigenvalue weighted by Gasteiger charge is -2.06. The Morgan fingerprint density at radius 2 is 1.86 bits per heavy atom. The molecule has 8 nitrogen and oxygen atoms in total. The topological polar surface area (TPSA) is 112 Å². The molecule has 6 rings (SSSR count). The summed E-state index contributed by atoms with van der Waals surface area (Å²) in [4.78, 5) is 29.1. The zero-order chi connectivity index (χ0) is 25.5. The van der Waals surface area contributed by atoms with E-state index in [4.69, 9.17) is 9.97 Å². The van der Waals surface area contributed by atoms with Gasteiger partial charge in [-0.05, 0) is 54.4 Å². The van der Waals surface area contributed by atoms with Crippen LogP contribution in [-0.4, -0.2) is 36.0 Å². The second-order valence-corrected chi connectivity index (χ2v) is 8.83. The minimum absolute atomic E-state index is 0.0860. The molecule has 0 bridgehead atoms. The lowest BCUT2D eigenvalue weighted by Crippen LogP contribution is -2.09. The molecule has 4 aromatic heterocycles. The van der Waals surface area contributed by atoms with Crippen LogP contribution in [0.1, 0.15) is 18.9 Å². The summed E-state index contributed by atoms with van der Waals surface area (Å²) in [6.07, 6.45) is 3.68. The number of halogens is 1. The lowest BCUT2D eigenvalue weighted by molar-refractivity contribution is -0.115. The van der Waals surface area contributed by atoms with Crippen LogP contribution in [0.3, 0.4) is 0 Å². The highest BCUT2D eigenvalue weighted by atomic mass is 19.1. The number of nitrogens with zero attached hydrogens (tertiary/aromatic N) is 4. The van der Waals surface area contributed by atoms with Crippen LogP contribution < -0.4 is 5.32 Å². The molecule has 2 aromatic carbocycles. The zero-order valence-electron chi connectivity index (χ0n) is 20.1. The summed E-state index contributed by atoms with van der Waals surface area (Å²) in [7, 11) is 0. The molecule has 0 radical (unpaired) electrons. The van der Waals surface area contributed by atoms with Gasteiger partial charge in [-0.3, -0.25) is 14.9 Å². The predicted octanol–water partition coefficient (Wildman–Crippen LogP) is 6.03. The number of hydrogen-bond acceptors (Lipinski definition) is 5. The van der Waals surface area contributed by atoms with Crippen molar-refractivity contribution < 1.29 is 9.18 Å². The van der Waals surface area contributed by atoms with Crippen LogP contribution in [0.4, 0.5) is 10.1 Å². The molecule has 0 unspecified atom stereocenters. The predicted molar refractivity (Wildman–Crippen MR) is 141 cm³/mol. The van der Waals surface area contributed by atoms with Gasteiger partial charge in [0.2, 0.25) is 5.91 Å². The molecular weight excluding hydrogens is 469 g/mol. The van der Waals surface area contributed by atoms with Crippen molar-refractivity contribution in [3.8, 4) is 33.9 Å². The number of aromatic nitrogens is 6. The highest BCUT2D eigenvalue weighted by Gasteiger charge is 2.17. The monoisotopic (exact) mass is 491 g/mol. The summed E-state index contributed by atoms with van der Waals surface area (Å²) in [5.74, 6) is 0.177. The van der Waals surface area contributed by atoms with Gasteiger partial charge in [0.25, 0.3) is 0 Å². The minimum atomic E-state index is -0.286. The van der Waals surface area contributed by atoms with E-state index in [-0.39, 0.29) is 11.7 Å². The maximum atomic E-state index is 14.1. The van der Waals surface area contributed by atoms with Crippen LogP contribution in [0, 0.1) is 12.7 Å². The standard InChI is InChI=1S/C28H22FN7O/c1-3-24(37)31-19-12-17(13-30-14-19)21-7-8-23-26(32-21)27(36-35-23)28-33-22-6-4-5-20(25(22)34-28)16-9-15(2)10-18(29)11-16/h4-14H,3H2,1-2H3,(H,31,37)(H,33,34)(H,35,36). The number of pyridine rings is 2. The molecule has 0 aliphatic carbocycles. The van der Waals surface area contributed by atoms with Gasteiger partial charge in [-0.25, -0.2) is 14.4 Å². The number of fused-ring (bicyclic) bond motifs is 2. The first-order valence-electron chi connectivity index (χ1n) is 11.9. The van der Waals surface area contributed by atoms with Crippen molar-refractivity contribution in [2.75, 3.05) is 5.32 Å². The second kappa shape index (κ2) is 8.94. The molecular formula is C28H22FN7O. The summed E-state index contributed by atoms with van der Waals surface area (Å²) in [5.41, 5.74) is 7.97. The number of aryl methyl sites for hydroxylation is 1. The van der Waals surface area contributed by atoms with Crippen molar-refractivity contribution in [1.29, 1.82) is 0 Å². The number of carbonyl (C=O) groups excluding carboxylic acids is 1. The van der Waals surface area contributed by atoms with Crippen LogP contribution in [-0.2, 0) is 4.79 Å². The van der Waals surface area contributed by atoms with Crippen molar-refractivity contribution >= 4 is 33.7 Å². The van der Waals surface area contributed by atoms with Crippen molar-refractivity contribution in [3.63, 3.8) is 0 Å². The molecule has 182 valence electrons. The Bertz CT molecular complexity index is 1780. The number of nitrogens with one attached hydrogen (secondary N) is 3. The molecule has 0 aliphatic heterocycles. The summed E-state index contributed by atoms with van der Waals surface area (Å²) in [6.45, 7) is 3.66. The average molecular weight is 492 g/mol. The Labute approximate surface area is 211 Å². The number of aromatic amines is 2. The summed E-state index contributed by atoms with van der Waals surface area (Å²) in [6, 6.07) is 16.3. The molecule has 0 atom stereocenters. The van der Waals surface area contributed by atoms with E-state index in [9.17, 15) is 9.18 Å². The zero-order valence-corrected chi connectivity index (χ0v) is 20.1. The number of rotatable bonds is 5. The number of para-hydroxylation sites is 1. The van der Waals surface area contributed by atoms with Crippen LogP contribution >= 0.6 is 0 Å². The first-order valence-corrected chi connectivity index (χ1v) is 11.9. The Hall–Kier alpha value is -4.92. The van der Waals surface area contributed by atoms with E-state index in [1.54, 1.807) is 19.3 Å². The SMILES string of the molecule is CCC(=O)Nc1cncc(-c2ccc3[nH]nc(-c4nc5c(-c6cc(C)cc(F)c6)cccc5[nH]4)c3n2)c1. The Kier molecular flexibility index (Phi) is 5.45. The lowest BCUT2D eigenvalue weighted by atomic mass is 10.0. The van der Waals surface area contributed by atoms with Crippen LogP contribution in [0.2, 0.25) is 0 Å². The van der Waals surface area contributed by atoms with Gasteiger partial charge < -0.3 is 10.3 Å². The maximum absolute atomic E-state index is 14.1. The van der Waals surface area contributed by atoms with Crippen molar-refractivity contribution in [2.45, 2.75) is 20.3 Å². The fraction of sp³-hybridized carbons (Fsp3) is 0.107. The van der Waals surface area contributed by atoms with Gasteiger partial charge in [0.15, 0.2) is 11.5 Å². The molecule has 6 aromatic rings. The van der Waals surface area contributed by atoms with Gasteiger partial charge in [-0.2, -0.15) is 5.10 Å². The largest absolute Gasteiger partial charge is 0.336 e. The molecule has 0 fully saturated rings. The second-order valence-electron chi connectivity index (χ2n) is 8.83. The van der Waals surface area contributed by atoms with Crippen LogP contribution in [0.25, 0.3) is 56.0 Å². The number of anilines is 1. The van der Waals surface area contributed by atoms with E-state index in [1.165, 1.54) is 12.1 Å². The van der Waals surface area contributed by atoms with E-state index in [1.807, 2.05) is 49.4 Å². The number of H-pyrrole nitrogens is 2. The number of imidazole rings is 1. The highest BCUT2D eigenvalue weighted by molar-refractivity contribution is 5.96. The van der Waals surface area contributed by atoms with Crippen molar-refractivity contribution in [2.24, 2.45) is 0 Å². The molecule has 37 heavy (non-hydrogen) atoms. The summed E-state index contributed by atoms with van der Waals surface area (Å²) < 4.78 is 14.1. The van der Waals surface area contributed by atoms with Crippen LogP contribution in [0.15, 0.2) is 67.0 Å². The van der Waals surface area contributed by atoms with Gasteiger partial charge in [-0.15, -0.1) is 0 Å². The smallest absolute Gasteiger partial charge is 0.224 e. The highest BCUT2D eigenvalue weighted by Crippen LogP contribution is 2.32. The summed E-state index contributed by atoms with van der Waals surface area (Å²) in [5, 5.41) is 10.3. The summed E-state index contributed by atoms with van der Waals surface area (Å²) >= 11 is 0. The number of hydrogen-bond donors (Lipinski definition) is 3. The van der Waals surface area contributed by atoms with E-state index in [0.717, 1.165) is 38.8 Å². The van der Waals surface area contributed by atoms with Gasteiger partial charge in [0.1, 0.15) is 11.3 Å². The maximum Gasteiger partial charge on any atom is 0.224 e. The Balaban J connectivity index is 1.43. The van der Waals surface area contributed by atoms with Gasteiger partial charge in [-0.1, -0.05) is 25.1 Å². The Morgan fingerprint density at radius 3 is 2.70 bits per heavy atom. The molecule has 3 N–H and O–H groups in total. The van der Waals surface area contributed by atoms with E-state index < -0.39 is 0 Å². The average Bonchev–Trinajstić information content (AvgIpc) is 3.51. The number of amides is 1. The molecule has 0 saturated carbocycles. The molecule has 0 saturated heterocycles. The quantitative estimate of drug-likeness (QED) is 0.273. The molecule has 4 heterocycles. The normalized spacial score (nSPS) is 11.3. The Morgan fingerprint density at radius 1 is 0.973 bits per heavy atom. The number of benzene rings is 2. The third kappa shape index (κ3) is 4.20. The first kappa shape index (κ1) is 22.5. The molecule has 1 amide bonds. The fourth-order valence-electron chi connectivity index (χ4n) is 4.39. The van der Waals surface area contributed by atoms with E-state index in [0.29, 0.717) is 34.8 Å². The van der Waals surface area contributed by atoms with E-state index >= 15 is 0 Å². The van der Waals surface area contributed by atoms with Crippen LogP contribution in [0.5, 0.6) is 0 Å². The molecule has 0 aliphatic rings. The van der Waals surface area contributed by atoms with E-state index in [2.05, 4.69) is 25.5 Å². The molecule has 0 spiro atoms. The first-order chi connectivity index (χ1) is 18.0. The number of carbonyl (C=O) groups is 1. The minimum Gasteiger partial charge on any atom is -0.336 e. The van der Waals surface area contributed by atoms with Gasteiger partial charge in [0, 0.05) is 23.7 Å².